The van der Waals surface area contributed by atoms with Crippen LogP contribution in [-0.2, 0) is 19.5 Å². The highest BCUT2D eigenvalue weighted by Crippen LogP contribution is 2.50. The van der Waals surface area contributed by atoms with E-state index in [4.69, 9.17) is 25.8 Å². The number of hydrogen-bond donors (Lipinski definition) is 1. The zero-order valence-corrected chi connectivity index (χ0v) is 22.6. The number of likely N-dealkylation sites (tertiary alicyclic amines) is 1. The average Bonchev–Trinajstić information content (AvgIpc) is 3.29. The summed E-state index contributed by atoms with van der Waals surface area (Å²) in [5, 5.41) is 0.285. The lowest BCUT2D eigenvalue weighted by Gasteiger charge is -2.38. The summed E-state index contributed by atoms with van der Waals surface area (Å²) >= 11 is 6.28. The second-order valence-corrected chi connectivity index (χ2v) is 11.3. The quantitative estimate of drug-likeness (QED) is 0.453. The van der Waals surface area contributed by atoms with E-state index in [-0.39, 0.29) is 28.1 Å². The van der Waals surface area contributed by atoms with Gasteiger partial charge in [-0.1, -0.05) is 41.9 Å². The Morgan fingerprint density at radius 2 is 1.84 bits per heavy atom. The van der Waals surface area contributed by atoms with E-state index in [1.807, 2.05) is 7.05 Å². The van der Waals surface area contributed by atoms with Crippen LogP contribution in [0.5, 0.6) is 5.75 Å². The maximum Gasteiger partial charge on any atom is 0.425 e. The minimum Gasteiger partial charge on any atom is -0.498 e. The van der Waals surface area contributed by atoms with Crippen molar-refractivity contribution in [2.75, 3.05) is 39.1 Å². The van der Waals surface area contributed by atoms with Crippen LogP contribution in [-0.4, -0.2) is 65.6 Å². The van der Waals surface area contributed by atoms with Gasteiger partial charge in [-0.2, -0.15) is 13.2 Å². The first-order valence-corrected chi connectivity index (χ1v) is 13.6. The first kappa shape index (κ1) is 28.3. The lowest BCUT2D eigenvalue weighted by atomic mass is 9.86. The molecule has 0 aromatic heterocycles. The van der Waals surface area contributed by atoms with Crippen molar-refractivity contribution < 1.29 is 35.8 Å². The molecule has 12 heteroatoms. The summed E-state index contributed by atoms with van der Waals surface area (Å²) < 4.78 is 88.9. The van der Waals surface area contributed by atoms with Crippen molar-refractivity contribution in [2.45, 2.75) is 30.7 Å². The van der Waals surface area contributed by atoms with Crippen molar-refractivity contribution in [1.29, 1.82) is 0 Å². The average molecular weight is 573 g/mol. The Morgan fingerprint density at radius 3 is 2.42 bits per heavy atom. The van der Waals surface area contributed by atoms with Gasteiger partial charge in [0.15, 0.2) is 0 Å². The molecule has 38 heavy (non-hydrogen) atoms. The third-order valence-corrected chi connectivity index (χ3v) is 8.47. The Bertz CT molecular complexity index is 1350. The number of allylic oxidation sites excluding steroid dienone is 2. The molecule has 1 aliphatic heterocycles. The number of benzene rings is 2. The summed E-state index contributed by atoms with van der Waals surface area (Å²) in [5.41, 5.74) is -2.44. The molecule has 7 nitrogen and oxygen atoms in total. The first-order valence-electron chi connectivity index (χ1n) is 11.7. The summed E-state index contributed by atoms with van der Waals surface area (Å²) in [6, 6.07) is 12.6. The molecule has 2 atom stereocenters. The third kappa shape index (κ3) is 5.51. The molecule has 1 unspecified atom stereocenters. The van der Waals surface area contributed by atoms with E-state index in [1.54, 1.807) is 30.3 Å². The molecule has 2 aromatic carbocycles. The third-order valence-electron chi connectivity index (χ3n) is 6.64. The van der Waals surface area contributed by atoms with Crippen LogP contribution in [0.2, 0.25) is 5.02 Å². The number of alkyl halides is 3. The molecule has 2 aliphatic rings. The molecular formula is C26H28ClF3N2O5S. The maximum atomic E-state index is 14.4. The molecule has 1 heterocycles. The molecule has 0 spiro atoms. The van der Waals surface area contributed by atoms with E-state index in [0.717, 1.165) is 33.3 Å². The summed E-state index contributed by atoms with van der Waals surface area (Å²) in [4.78, 5) is 1.59. The van der Waals surface area contributed by atoms with Crippen molar-refractivity contribution in [3.8, 4) is 5.75 Å². The molecule has 206 valence electrons. The number of methoxy groups -OCH3 is 2. The Hall–Kier alpha value is -2.73. The van der Waals surface area contributed by atoms with Crippen LogP contribution in [0.4, 0.5) is 18.9 Å². The van der Waals surface area contributed by atoms with Crippen LogP contribution < -0.4 is 9.46 Å². The lowest BCUT2D eigenvalue weighted by molar-refractivity contribution is -0.264. The number of anilines is 1. The lowest BCUT2D eigenvalue weighted by Crippen LogP contribution is -2.51. The Balaban J connectivity index is 1.77. The van der Waals surface area contributed by atoms with Gasteiger partial charge in [0.1, 0.15) is 17.6 Å². The molecule has 2 aromatic rings. The smallest absolute Gasteiger partial charge is 0.425 e. The van der Waals surface area contributed by atoms with Gasteiger partial charge >= 0.3 is 6.18 Å². The molecule has 0 amide bonds. The standard InChI is InChI=1S/C26H28ClF3N2O5S/c1-32-12-11-19(16-32)37-22-13-18(9-10-21(22)27)31-38(33,34)23-15-25(36-3,26(28,29)30)24(35-2)14-20(23)17-7-5-4-6-8-17/h4-10,13-14,19,31H,11-12,15-16H2,1-3H3/t19-,25?/m1/s1. The van der Waals surface area contributed by atoms with Gasteiger partial charge in [-0.05, 0) is 37.2 Å². The topological polar surface area (TPSA) is 77.1 Å². The molecule has 0 bridgehead atoms. The van der Waals surface area contributed by atoms with Crippen LogP contribution in [0, 0.1) is 0 Å². The van der Waals surface area contributed by atoms with Crippen molar-refractivity contribution in [1.82, 2.24) is 4.90 Å². The Labute approximate surface area is 224 Å². The number of hydrogen-bond acceptors (Lipinski definition) is 6. The molecule has 1 aliphatic carbocycles. The summed E-state index contributed by atoms with van der Waals surface area (Å²) in [6.07, 6.45) is -4.28. The van der Waals surface area contributed by atoms with E-state index in [9.17, 15) is 21.6 Å². The van der Waals surface area contributed by atoms with Crippen LogP contribution in [0.1, 0.15) is 18.4 Å². The number of rotatable bonds is 8. The first-order chi connectivity index (χ1) is 17.9. The van der Waals surface area contributed by atoms with Crippen molar-refractivity contribution in [2.24, 2.45) is 0 Å². The van der Waals surface area contributed by atoms with E-state index >= 15 is 0 Å². The minimum atomic E-state index is -4.97. The molecule has 4 rings (SSSR count). The van der Waals surface area contributed by atoms with Crippen molar-refractivity contribution in [3.05, 3.63) is 75.9 Å². The summed E-state index contributed by atoms with van der Waals surface area (Å²) in [7, 11) is -0.613. The van der Waals surface area contributed by atoms with Gasteiger partial charge < -0.3 is 19.1 Å². The van der Waals surface area contributed by atoms with Crippen LogP contribution >= 0.6 is 11.6 Å². The fourth-order valence-corrected chi connectivity index (χ4v) is 6.22. The maximum absolute atomic E-state index is 14.4. The minimum absolute atomic E-state index is 0.0614. The molecular weight excluding hydrogens is 545 g/mol. The predicted octanol–water partition coefficient (Wildman–Crippen LogP) is 5.46. The second kappa shape index (κ2) is 10.8. The van der Waals surface area contributed by atoms with Crippen molar-refractivity contribution in [3.63, 3.8) is 0 Å². The number of ether oxygens (including phenoxy) is 3. The fourth-order valence-electron chi connectivity index (χ4n) is 4.63. The van der Waals surface area contributed by atoms with Gasteiger partial charge in [-0.3, -0.25) is 4.72 Å². The highest BCUT2D eigenvalue weighted by atomic mass is 35.5. The molecule has 0 saturated carbocycles. The number of sulfonamides is 1. The fraction of sp³-hybridized carbons (Fsp3) is 0.385. The highest BCUT2D eigenvalue weighted by molar-refractivity contribution is 7.96. The molecule has 1 saturated heterocycles. The molecule has 0 radical (unpaired) electrons. The zero-order chi connectivity index (χ0) is 27.7. The van der Waals surface area contributed by atoms with Gasteiger partial charge in [0.05, 0.1) is 22.7 Å². The normalized spacial score (nSPS) is 22.8. The monoisotopic (exact) mass is 572 g/mol. The largest absolute Gasteiger partial charge is 0.498 e. The van der Waals surface area contributed by atoms with Crippen LogP contribution in [0.3, 0.4) is 0 Å². The van der Waals surface area contributed by atoms with Gasteiger partial charge in [-0.15, -0.1) is 0 Å². The van der Waals surface area contributed by atoms with E-state index < -0.39 is 38.9 Å². The Kier molecular flexibility index (Phi) is 8.04. The summed E-state index contributed by atoms with van der Waals surface area (Å²) in [6.45, 7) is 1.53. The van der Waals surface area contributed by atoms with Gasteiger partial charge in [0.2, 0.25) is 5.60 Å². The van der Waals surface area contributed by atoms with E-state index in [0.29, 0.717) is 12.1 Å². The SMILES string of the molecule is COC1=CC(c2ccccc2)=C(S(=O)(=O)Nc2ccc(Cl)c(O[C@@H]3CCN(C)C3)c2)CC1(OC)C(F)(F)F. The van der Waals surface area contributed by atoms with Crippen LogP contribution in [0.15, 0.2) is 65.3 Å². The molecule has 1 fully saturated rings. The van der Waals surface area contributed by atoms with Gasteiger partial charge in [-0.25, -0.2) is 8.42 Å². The van der Waals surface area contributed by atoms with Gasteiger partial charge in [0, 0.05) is 38.3 Å². The van der Waals surface area contributed by atoms with Crippen LogP contribution in [0.25, 0.3) is 5.57 Å². The summed E-state index contributed by atoms with van der Waals surface area (Å²) in [5.74, 6) is -0.273. The Morgan fingerprint density at radius 1 is 1.13 bits per heavy atom. The number of nitrogens with one attached hydrogen (secondary N) is 1. The highest BCUT2D eigenvalue weighted by Gasteiger charge is 2.62. The number of likely N-dealkylation sites (N-methyl/N-ethyl adjacent to an activating group) is 1. The number of nitrogens with zero attached hydrogens (tertiary/aromatic N) is 1. The van der Waals surface area contributed by atoms with Crippen molar-refractivity contribution >= 4 is 32.9 Å². The zero-order valence-electron chi connectivity index (χ0n) is 21.0. The molecule has 1 N–H and O–H groups in total. The number of halogens is 4. The van der Waals surface area contributed by atoms with E-state index in [1.165, 1.54) is 18.2 Å². The van der Waals surface area contributed by atoms with Gasteiger partial charge in [0.25, 0.3) is 10.0 Å². The second-order valence-electron chi connectivity index (χ2n) is 9.16. The van der Waals surface area contributed by atoms with E-state index in [2.05, 4.69) is 9.62 Å². The predicted molar refractivity (Wildman–Crippen MR) is 139 cm³/mol.